The Balaban J connectivity index is 1.64. The first-order valence-corrected chi connectivity index (χ1v) is 10.3. The molecule has 178 valence electrons. The average molecular weight is 466 g/mol. The number of phenolic OH excluding ortho intramolecular Hbond substituents is 1. The molecule has 0 amide bonds. The lowest BCUT2D eigenvalue weighted by molar-refractivity contribution is -0.263. The number of carbonyl (C=O) groups excluding carboxylic acids is 1. The Morgan fingerprint density at radius 2 is 1.88 bits per heavy atom. The van der Waals surface area contributed by atoms with Gasteiger partial charge in [0.25, 0.3) is 0 Å². The fraction of sp³-hybridized carbons (Fsp3) is 0.524. The second-order valence-electron chi connectivity index (χ2n) is 8.75. The molecular formula is C21H22O12. The molecule has 0 aromatic heterocycles. The summed E-state index contributed by atoms with van der Waals surface area (Å²) in [6.07, 6.45) is -8.89. The number of carbonyl (C=O) groups is 2. The molecule has 0 radical (unpaired) electrons. The van der Waals surface area contributed by atoms with Crippen LogP contribution in [0.2, 0.25) is 0 Å². The molecule has 8 atom stereocenters. The Bertz CT molecular complexity index is 1070. The lowest BCUT2D eigenvalue weighted by Crippen LogP contribution is -2.61. The van der Waals surface area contributed by atoms with Crippen molar-refractivity contribution in [2.45, 2.75) is 60.9 Å². The van der Waals surface area contributed by atoms with Gasteiger partial charge in [0.2, 0.25) is 11.6 Å². The first-order valence-electron chi connectivity index (χ1n) is 10.3. The smallest absolute Gasteiger partial charge is 0.333 e. The zero-order valence-electron chi connectivity index (χ0n) is 17.0. The number of carboxylic acids is 1. The van der Waals surface area contributed by atoms with Gasteiger partial charge >= 0.3 is 5.97 Å². The molecule has 0 unspecified atom stereocenters. The summed E-state index contributed by atoms with van der Waals surface area (Å²) in [5.41, 5.74) is -1.04. The van der Waals surface area contributed by atoms with Crippen molar-refractivity contribution < 1.29 is 59.5 Å². The predicted molar refractivity (Wildman–Crippen MR) is 104 cm³/mol. The third-order valence-electron chi connectivity index (χ3n) is 6.74. The van der Waals surface area contributed by atoms with Gasteiger partial charge in [-0.1, -0.05) is 0 Å². The topological polar surface area (TPSA) is 203 Å². The van der Waals surface area contributed by atoms with E-state index in [9.17, 15) is 45.3 Å². The maximum Gasteiger partial charge on any atom is 0.333 e. The molecule has 3 aliphatic heterocycles. The average Bonchev–Trinajstić information content (AvgIpc) is 3.04. The van der Waals surface area contributed by atoms with Crippen molar-refractivity contribution in [2.24, 2.45) is 0 Å². The summed E-state index contributed by atoms with van der Waals surface area (Å²) in [5.74, 6) is -5.14. The SMILES string of the molecule is O=C(O)[C@@H]1C[C@]23C[C@@](O)(O1)C(=O)C=C2c1ccc(O)c([C@@H]2O[C@H](CO)[C@@H](O)[C@H](O)[C@H]2O)c1O3. The first kappa shape index (κ1) is 22.2. The molecule has 12 nitrogen and oxygen atoms in total. The number of carboxylic acid groups (broad SMARTS) is 1. The molecule has 5 rings (SSSR count). The van der Waals surface area contributed by atoms with E-state index in [0.717, 1.165) is 6.08 Å². The quantitative estimate of drug-likeness (QED) is 0.257. The summed E-state index contributed by atoms with van der Waals surface area (Å²) in [5, 5.41) is 71.1. The number of fused-ring (bicyclic) bond motifs is 3. The summed E-state index contributed by atoms with van der Waals surface area (Å²) >= 11 is 0. The van der Waals surface area contributed by atoms with Gasteiger partial charge < -0.3 is 50.0 Å². The zero-order chi connectivity index (χ0) is 23.9. The number of hydrogen-bond donors (Lipinski definition) is 7. The number of aromatic hydroxyl groups is 1. The lowest BCUT2D eigenvalue weighted by Gasteiger charge is -2.47. The van der Waals surface area contributed by atoms with Crippen LogP contribution in [0.4, 0.5) is 0 Å². The predicted octanol–water partition coefficient (Wildman–Crippen LogP) is -2.04. The van der Waals surface area contributed by atoms with Gasteiger partial charge in [0.05, 0.1) is 18.6 Å². The molecule has 1 aromatic rings. The summed E-state index contributed by atoms with van der Waals surface area (Å²) in [6, 6.07) is 2.68. The van der Waals surface area contributed by atoms with Crippen LogP contribution in [0.5, 0.6) is 11.5 Å². The van der Waals surface area contributed by atoms with Crippen LogP contribution in [-0.2, 0) is 19.1 Å². The number of benzene rings is 1. The number of aliphatic hydroxyl groups excluding tert-OH is 4. The van der Waals surface area contributed by atoms with Gasteiger partial charge in [0, 0.05) is 17.6 Å². The molecule has 1 aliphatic carbocycles. The monoisotopic (exact) mass is 466 g/mol. The molecule has 2 fully saturated rings. The Morgan fingerprint density at radius 1 is 1.15 bits per heavy atom. The van der Waals surface area contributed by atoms with Gasteiger partial charge in [0.15, 0.2) is 6.10 Å². The van der Waals surface area contributed by atoms with Crippen molar-refractivity contribution in [3.8, 4) is 11.5 Å². The molecule has 2 saturated heterocycles. The van der Waals surface area contributed by atoms with E-state index in [1.807, 2.05) is 0 Å². The number of aliphatic hydroxyl groups is 5. The van der Waals surface area contributed by atoms with Crippen molar-refractivity contribution in [3.05, 3.63) is 29.3 Å². The number of phenols is 1. The van der Waals surface area contributed by atoms with E-state index in [0.29, 0.717) is 5.56 Å². The van der Waals surface area contributed by atoms with E-state index in [-0.39, 0.29) is 23.3 Å². The molecule has 1 spiro atoms. The van der Waals surface area contributed by atoms with Crippen LogP contribution in [0.1, 0.15) is 30.1 Å². The number of aliphatic carboxylic acids is 1. The largest absolute Gasteiger partial charge is 0.507 e. The molecule has 3 heterocycles. The van der Waals surface area contributed by atoms with Crippen LogP contribution in [0.25, 0.3) is 5.57 Å². The van der Waals surface area contributed by atoms with Crippen molar-refractivity contribution in [2.75, 3.05) is 6.61 Å². The number of ketones is 1. The van der Waals surface area contributed by atoms with E-state index in [4.69, 9.17) is 14.2 Å². The number of rotatable bonds is 3. The van der Waals surface area contributed by atoms with Crippen molar-refractivity contribution in [3.63, 3.8) is 0 Å². The van der Waals surface area contributed by atoms with Gasteiger partial charge in [-0.25, -0.2) is 4.79 Å². The molecule has 7 N–H and O–H groups in total. The molecule has 33 heavy (non-hydrogen) atoms. The minimum Gasteiger partial charge on any atom is -0.507 e. The highest BCUT2D eigenvalue weighted by atomic mass is 16.7. The van der Waals surface area contributed by atoms with E-state index in [1.54, 1.807) is 0 Å². The van der Waals surface area contributed by atoms with E-state index in [2.05, 4.69) is 0 Å². The molecule has 2 bridgehead atoms. The highest BCUT2D eigenvalue weighted by molar-refractivity contribution is 6.07. The Labute approximate surface area is 185 Å². The fourth-order valence-electron chi connectivity index (χ4n) is 5.12. The number of hydrogen-bond acceptors (Lipinski definition) is 11. The van der Waals surface area contributed by atoms with Crippen LogP contribution in [0, 0.1) is 0 Å². The summed E-state index contributed by atoms with van der Waals surface area (Å²) < 4.78 is 16.8. The summed E-state index contributed by atoms with van der Waals surface area (Å²) in [7, 11) is 0. The maximum absolute atomic E-state index is 12.6. The highest BCUT2D eigenvalue weighted by Crippen LogP contribution is 2.58. The highest BCUT2D eigenvalue weighted by Gasteiger charge is 2.63. The van der Waals surface area contributed by atoms with Gasteiger partial charge in [-0.15, -0.1) is 0 Å². The van der Waals surface area contributed by atoms with Crippen LogP contribution >= 0.6 is 0 Å². The minimum absolute atomic E-state index is 0.0475. The van der Waals surface area contributed by atoms with Crippen LogP contribution in [0.15, 0.2) is 18.2 Å². The third kappa shape index (κ3) is 3.03. The van der Waals surface area contributed by atoms with Crippen molar-refractivity contribution >= 4 is 17.3 Å². The van der Waals surface area contributed by atoms with Crippen LogP contribution in [0.3, 0.4) is 0 Å². The molecule has 4 aliphatic rings. The standard InChI is InChI=1S/C21H22O12/c22-5-11-14(25)15(26)16(27)18(31-11)13-9(23)2-1-7-8-3-12(24)21(30)6-20(8,33-17(7)13)4-10(32-21)19(28)29/h1-3,10-11,14-16,18,22-23,25-27,30H,4-6H2,(H,28,29)/t10-,11+,14+,15-,16+,18-,20-,21+/m0/s1. The van der Waals surface area contributed by atoms with E-state index < -0.39 is 78.5 Å². The molecule has 12 heteroatoms. The summed E-state index contributed by atoms with van der Waals surface area (Å²) in [6.45, 7) is -0.688. The van der Waals surface area contributed by atoms with Crippen molar-refractivity contribution in [1.29, 1.82) is 0 Å². The molecule has 1 aromatic carbocycles. The Hall–Kier alpha value is -2.58. The molecular weight excluding hydrogens is 444 g/mol. The molecule has 0 saturated carbocycles. The van der Waals surface area contributed by atoms with Gasteiger partial charge in [-0.05, 0) is 18.2 Å². The van der Waals surface area contributed by atoms with E-state index in [1.165, 1.54) is 12.1 Å². The maximum atomic E-state index is 12.6. The van der Waals surface area contributed by atoms with Crippen molar-refractivity contribution in [1.82, 2.24) is 0 Å². The zero-order valence-corrected chi connectivity index (χ0v) is 17.0. The Morgan fingerprint density at radius 3 is 2.55 bits per heavy atom. The minimum atomic E-state index is -2.42. The Kier molecular flexibility index (Phi) is 4.85. The third-order valence-corrected chi connectivity index (χ3v) is 6.74. The van der Waals surface area contributed by atoms with Gasteiger partial charge in [-0.2, -0.15) is 0 Å². The normalized spacial score (nSPS) is 41.6. The number of ether oxygens (including phenoxy) is 3. The van der Waals surface area contributed by atoms with Gasteiger partial charge in [-0.3, -0.25) is 4.79 Å². The lowest BCUT2D eigenvalue weighted by atomic mass is 9.72. The first-order chi connectivity index (χ1) is 15.5. The summed E-state index contributed by atoms with van der Waals surface area (Å²) in [4.78, 5) is 24.3. The van der Waals surface area contributed by atoms with Gasteiger partial charge in [0.1, 0.15) is 47.6 Å². The second kappa shape index (κ2) is 7.21. The van der Waals surface area contributed by atoms with Crippen LogP contribution in [-0.4, -0.2) is 96.0 Å². The van der Waals surface area contributed by atoms with E-state index >= 15 is 0 Å². The fourth-order valence-corrected chi connectivity index (χ4v) is 5.12. The van der Waals surface area contributed by atoms with Crippen LogP contribution < -0.4 is 4.74 Å². The second-order valence-corrected chi connectivity index (χ2v) is 8.75.